The quantitative estimate of drug-likeness (QED) is 0.0748. The van der Waals surface area contributed by atoms with E-state index in [0.717, 1.165) is 172 Å². The fraction of sp³-hybridized carbons (Fsp3) is 0.275. The normalized spacial score (nSPS) is 16.3. The van der Waals surface area contributed by atoms with Gasteiger partial charge in [-0.05, 0) is 276 Å². The third kappa shape index (κ3) is 23.7. The number of pyridine rings is 4. The van der Waals surface area contributed by atoms with E-state index in [-0.39, 0.29) is 48.7 Å². The van der Waals surface area contributed by atoms with Crippen molar-refractivity contribution in [3.05, 3.63) is 458 Å². The molecule has 4 amide bonds. The topological polar surface area (TPSA) is 213 Å². The van der Waals surface area contributed by atoms with Crippen molar-refractivity contribution >= 4 is 118 Å². The number of halogens is 4. The van der Waals surface area contributed by atoms with E-state index in [1.807, 2.05) is 233 Å². The Labute approximate surface area is 860 Å². The van der Waals surface area contributed by atoms with Crippen LogP contribution in [0.4, 0.5) is 0 Å². The molecule has 4 unspecified atom stereocenters. The third-order valence-corrected chi connectivity index (χ3v) is 31.5. The second-order valence-corrected chi connectivity index (χ2v) is 42.8. The molecule has 728 valence electrons. The van der Waals surface area contributed by atoms with Gasteiger partial charge in [-0.25, -0.2) is 4.79 Å². The van der Waals surface area contributed by atoms with Crippen molar-refractivity contribution in [1.82, 2.24) is 39.5 Å². The summed E-state index contributed by atoms with van der Waals surface area (Å²) < 4.78 is 28.4. The summed E-state index contributed by atoms with van der Waals surface area (Å²) in [6.07, 6.45) is 24.1. The van der Waals surface area contributed by atoms with Crippen LogP contribution < -0.4 is 0 Å². The number of aliphatic hydroxyl groups is 1. The maximum atomic E-state index is 14.0. The monoisotopic (exact) mass is 2010 g/mol. The van der Waals surface area contributed by atoms with E-state index in [1.165, 1.54) is 106 Å². The molecule has 4 aliphatic heterocycles. The van der Waals surface area contributed by atoms with E-state index in [1.54, 1.807) is 0 Å². The first-order valence-corrected chi connectivity index (χ1v) is 54.5. The number of aryl methyl sites for hydroxylation is 8. The fourth-order valence-electron chi connectivity index (χ4n) is 21.6. The molecule has 8 heterocycles. The summed E-state index contributed by atoms with van der Waals surface area (Å²) in [5.74, 6) is -1.15. The van der Waals surface area contributed by atoms with Gasteiger partial charge >= 0.3 is 0 Å². The lowest BCUT2D eigenvalue weighted by Crippen LogP contribution is -2.41. The van der Waals surface area contributed by atoms with Crippen molar-refractivity contribution in [2.75, 3.05) is 83.8 Å². The summed E-state index contributed by atoms with van der Waals surface area (Å²) in [5.41, 5.74) is 33.9. The highest BCUT2D eigenvalue weighted by Crippen LogP contribution is 2.46. The number of amides is 4. The Kier molecular flexibility index (Phi) is 32.9. The molecule has 4 aromatic heterocycles. The number of aliphatic hydroxyl groups excluding tert-OH is 1. The number of hydrogen-bond acceptors (Lipinski definition) is 13. The van der Waals surface area contributed by atoms with Gasteiger partial charge in [0, 0.05) is 125 Å². The standard InChI is InChI=1S/C33H29ClN2O.C30H29ClN2O2S.C29H29ClN2O4S.C28H27ClN2O2/c34-28-15-16-29-27(22-28)14-13-26-12-7-19-35-32(26)31(29)25-17-20-36(21-18-25)33(37)30(23-8-3-1-4-9-23)24-10-5-2-6-11-24;1-36(20-34)19-27(21-6-3-2-4-7-21)30(35)33-16-13-22(14-17-33)28-26-12-11-25(31)18-24(26)10-9-23-8-5-15-32-29(23)28;1-37(34,35)36-19-26(20-6-3-2-4-7-20)29(33)32-16-13-21(14-17-32)27-25-12-11-24(30)18-23(25)10-9-22-8-5-15-31-28(22)27;29-23-10-11-24-22(17-23)9-8-21-7-4-14-30-27(21)26(24)20-12-15-31(16-13-20)28(33)25(18-32)19-5-2-1-3-6-19/h1-12,15-16,19,22,30H,13-14,17-18,20-21H2;2-8,11-12,15,18,27H,9-10,13-14,16-17,19H2,1H3;2-8,11-12,15,18,26H,9-10,13-14,16-17,19H2,1H3;1-7,10-11,14,17,25,32H,8-9,12-13,15-16,18H2. The fourth-order valence-corrected chi connectivity index (χ4v) is 23.7. The maximum Gasteiger partial charge on any atom is 0.264 e. The van der Waals surface area contributed by atoms with Gasteiger partial charge in [-0.15, -0.1) is 10.5 Å². The lowest BCUT2D eigenvalue weighted by molar-refractivity contribution is -0.134. The summed E-state index contributed by atoms with van der Waals surface area (Å²) >= 11 is 25.4. The first-order valence-electron chi connectivity index (χ1n) is 49.3. The minimum atomic E-state index is -3.67. The summed E-state index contributed by atoms with van der Waals surface area (Å²) in [6, 6.07) is 90.2. The molecular weight excluding hydrogens is 1900 g/mol. The first kappa shape index (κ1) is 100. The molecule has 0 spiro atoms. The molecule has 17 nitrogen and oxygen atoms in total. The van der Waals surface area contributed by atoms with Crippen LogP contribution in [-0.4, -0.2) is 166 Å². The molecule has 0 saturated carbocycles. The first-order chi connectivity index (χ1) is 69.7. The highest BCUT2D eigenvalue weighted by molar-refractivity contribution is 8.13. The van der Waals surface area contributed by atoms with Gasteiger partial charge in [0.1, 0.15) is 0 Å². The predicted octanol–water partition coefficient (Wildman–Crippen LogP) is 23.1. The van der Waals surface area contributed by atoms with Gasteiger partial charge < -0.3 is 24.7 Å². The van der Waals surface area contributed by atoms with Crippen molar-refractivity contribution in [2.45, 2.75) is 126 Å². The van der Waals surface area contributed by atoms with Crippen LogP contribution in [0.15, 0.2) is 320 Å². The number of carbonyl (C=O) groups excluding carboxylic acids is 5. The summed E-state index contributed by atoms with van der Waals surface area (Å²) in [7, 11) is -4.25. The van der Waals surface area contributed by atoms with Crippen molar-refractivity contribution in [1.29, 1.82) is 0 Å². The van der Waals surface area contributed by atoms with Crippen LogP contribution in [0.3, 0.4) is 0 Å². The molecule has 143 heavy (non-hydrogen) atoms. The highest BCUT2D eigenvalue weighted by atomic mass is 35.5. The van der Waals surface area contributed by atoms with Gasteiger partial charge in [-0.2, -0.15) is 8.42 Å². The van der Waals surface area contributed by atoms with Crippen LogP contribution >= 0.6 is 56.9 Å². The minimum Gasteiger partial charge on any atom is -0.395 e. The number of piperidine rings is 4. The number of rotatable bonds is 15. The smallest absolute Gasteiger partial charge is 0.264 e. The number of nitrogens with zero attached hydrogens (tertiary/aromatic N) is 8. The number of likely N-dealkylation sites (tertiary alicyclic amines) is 4. The Morgan fingerprint density at radius 1 is 0.336 bits per heavy atom. The molecule has 23 heteroatoms. The van der Waals surface area contributed by atoms with Crippen molar-refractivity contribution in [2.24, 2.45) is 0 Å². The van der Waals surface area contributed by atoms with Gasteiger partial charge in [0.2, 0.25) is 23.6 Å². The molecule has 4 saturated heterocycles. The Hall–Kier alpha value is -12.6. The number of carbonyl (C=O) groups is 4. The van der Waals surface area contributed by atoms with E-state index in [0.29, 0.717) is 71.0 Å². The van der Waals surface area contributed by atoms with Crippen LogP contribution in [0, 0.1) is 0 Å². The lowest BCUT2D eigenvalue weighted by atomic mass is 9.87. The zero-order valence-electron chi connectivity index (χ0n) is 80.3. The van der Waals surface area contributed by atoms with Crippen molar-refractivity contribution < 1.29 is 41.7 Å². The van der Waals surface area contributed by atoms with Gasteiger partial charge in [-0.1, -0.05) is 269 Å². The molecule has 13 aromatic rings. The van der Waals surface area contributed by atoms with Gasteiger partial charge in [0.05, 0.1) is 65.9 Å². The Balaban J connectivity index is 0.000000126. The van der Waals surface area contributed by atoms with Crippen LogP contribution in [0.2, 0.25) is 20.1 Å². The second kappa shape index (κ2) is 46.8. The minimum absolute atomic E-state index is 0.000626. The van der Waals surface area contributed by atoms with Crippen molar-refractivity contribution in [3.63, 3.8) is 0 Å². The molecule has 8 aliphatic rings. The SMILES string of the molecule is CS(=C=O)CC(C(=O)N1CCC(=C2c3ccc(Cl)cc3CCc3cccnc32)CC1)c1ccccc1.CS(=O)(=O)OCC(C(=O)N1CCC(=C2c3ccc(Cl)cc3CCc3cccnc32)CC1)c1ccccc1.O=C(C(CO)c1ccccc1)N1CCC(=C2c3ccc(Cl)cc3CCc3cccnc32)CC1.O=C(C(c1ccccc1)c1ccccc1)N1CCC(=C2c3ccc(Cl)cc3CCc3cccnc32)CC1. The van der Waals surface area contributed by atoms with E-state index in [9.17, 15) is 37.5 Å². The molecule has 0 bridgehead atoms. The Morgan fingerprint density at radius 3 is 0.867 bits per heavy atom. The molecule has 9 aromatic carbocycles. The number of fused-ring (bicyclic) bond motifs is 8. The molecule has 0 radical (unpaired) electrons. The zero-order valence-corrected chi connectivity index (χ0v) is 85.0. The number of hydrogen-bond donors (Lipinski definition) is 1. The van der Waals surface area contributed by atoms with E-state index < -0.39 is 32.4 Å². The van der Waals surface area contributed by atoms with Gasteiger partial charge in [-0.3, -0.25) is 43.3 Å². The summed E-state index contributed by atoms with van der Waals surface area (Å²) in [5, 5.41) is 15.0. The van der Waals surface area contributed by atoms with Crippen LogP contribution in [-0.2, 0) is 89.6 Å². The van der Waals surface area contributed by atoms with E-state index in [2.05, 4.69) is 96.2 Å². The van der Waals surface area contributed by atoms with Gasteiger partial charge in [0.25, 0.3) is 10.1 Å². The Morgan fingerprint density at radius 2 is 0.587 bits per heavy atom. The highest BCUT2D eigenvalue weighted by Gasteiger charge is 2.38. The molecule has 21 rings (SSSR count). The molecule has 1 N–H and O–H groups in total. The van der Waals surface area contributed by atoms with E-state index >= 15 is 0 Å². The average molecular weight is 2020 g/mol. The Bertz CT molecular complexity index is 7120. The third-order valence-electron chi connectivity index (χ3n) is 28.8. The molecular formula is C120H114Cl4N8O9S2. The molecule has 4 fully saturated rings. The van der Waals surface area contributed by atoms with Gasteiger partial charge in [0.15, 0.2) is 5.23 Å². The maximum absolute atomic E-state index is 14.0. The van der Waals surface area contributed by atoms with Crippen LogP contribution in [0.1, 0.15) is 192 Å². The average Bonchev–Trinajstić information content (AvgIpc) is 1.70. The molecule has 4 atom stereocenters. The predicted molar refractivity (Wildman–Crippen MR) is 574 cm³/mol. The van der Waals surface area contributed by atoms with Crippen LogP contribution in [0.5, 0.6) is 0 Å². The van der Waals surface area contributed by atoms with E-state index in [4.69, 9.17) is 70.5 Å². The second-order valence-electron chi connectivity index (χ2n) is 37.7. The largest absolute Gasteiger partial charge is 0.395 e. The lowest BCUT2D eigenvalue weighted by Gasteiger charge is -2.33. The van der Waals surface area contributed by atoms with Crippen molar-refractivity contribution in [3.8, 4) is 0 Å². The number of aromatic nitrogens is 4. The van der Waals surface area contributed by atoms with Crippen LogP contribution in [0.25, 0.3) is 22.3 Å². The zero-order chi connectivity index (χ0) is 99.0. The summed E-state index contributed by atoms with van der Waals surface area (Å²) in [6.45, 7) is 4.73. The number of benzene rings is 9. The summed E-state index contributed by atoms with van der Waals surface area (Å²) in [4.78, 5) is 92.7. The molecule has 4 aliphatic carbocycles.